The Bertz CT molecular complexity index is 1400. The minimum atomic E-state index is -4.07. The largest absolute Gasteiger partial charge is 0.439 e. The highest BCUT2D eigenvalue weighted by molar-refractivity contribution is 7.85. The van der Waals surface area contributed by atoms with E-state index in [1.165, 1.54) is 15.9 Å². The average molecular weight is 595 g/mol. The van der Waals surface area contributed by atoms with Crippen LogP contribution in [0.3, 0.4) is 0 Å². The van der Waals surface area contributed by atoms with Crippen LogP contribution >= 0.6 is 23.8 Å². The molecule has 2 N–H and O–H groups in total. The maximum atomic E-state index is 13.5. The van der Waals surface area contributed by atoms with Crippen molar-refractivity contribution in [3.63, 3.8) is 0 Å². The third-order valence-electron chi connectivity index (χ3n) is 5.82. The lowest BCUT2D eigenvalue weighted by Gasteiger charge is -2.22. The zero-order valence-electron chi connectivity index (χ0n) is 20.9. The second-order valence-corrected chi connectivity index (χ2v) is 10.9. The molecule has 3 heterocycles. The maximum absolute atomic E-state index is 13.5. The molecule has 1 atom stereocenters. The number of benzene rings is 1. The Hall–Kier alpha value is -3.07. The SMILES string of the molecule is CCOC(O)CN1C(=S)N(c2ccccn2)C(=O)C1=CC=C1Oc2ccc(Cl)cc2N1CCCCS(=O)(=O)O. The lowest BCUT2D eigenvalue weighted by Crippen LogP contribution is -2.37. The highest BCUT2D eigenvalue weighted by Gasteiger charge is 2.40. The number of allylic oxidation sites excluding steroid dienone is 2. The summed E-state index contributed by atoms with van der Waals surface area (Å²) in [6.07, 6.45) is 4.12. The van der Waals surface area contributed by atoms with E-state index in [2.05, 4.69) is 4.98 Å². The zero-order chi connectivity index (χ0) is 28.2. The van der Waals surface area contributed by atoms with E-state index in [0.29, 0.717) is 41.1 Å². The summed E-state index contributed by atoms with van der Waals surface area (Å²) in [5, 5.41) is 10.9. The number of hydrogen-bond donors (Lipinski definition) is 2. The molecule has 1 aromatic heterocycles. The molecule has 0 radical (unpaired) electrons. The third kappa shape index (κ3) is 6.93. The Kier molecular flexibility index (Phi) is 9.20. The monoisotopic (exact) mass is 594 g/mol. The van der Waals surface area contributed by atoms with E-state index in [-0.39, 0.29) is 36.1 Å². The molecule has 1 aromatic carbocycles. The van der Waals surface area contributed by atoms with Crippen molar-refractivity contribution in [2.45, 2.75) is 26.1 Å². The summed E-state index contributed by atoms with van der Waals surface area (Å²) in [7, 11) is -4.07. The normalized spacial score (nSPS) is 18.3. The van der Waals surface area contributed by atoms with Gasteiger partial charge < -0.3 is 24.4 Å². The van der Waals surface area contributed by atoms with Gasteiger partial charge in [0.2, 0.25) is 5.88 Å². The van der Waals surface area contributed by atoms with Crippen LogP contribution in [0.25, 0.3) is 0 Å². The van der Waals surface area contributed by atoms with Gasteiger partial charge in [-0.25, -0.2) is 9.88 Å². The maximum Gasteiger partial charge on any atom is 0.282 e. The summed E-state index contributed by atoms with van der Waals surface area (Å²) >= 11 is 11.8. The molecule has 1 unspecified atom stereocenters. The number of ether oxygens (including phenoxy) is 2. The van der Waals surface area contributed by atoms with Gasteiger partial charge >= 0.3 is 0 Å². The number of pyridine rings is 1. The fraction of sp³-hybridized carbons (Fsp3) is 0.320. The smallest absolute Gasteiger partial charge is 0.282 e. The molecule has 1 saturated heterocycles. The van der Waals surface area contributed by atoms with Crippen molar-refractivity contribution in [3.05, 3.63) is 71.3 Å². The Morgan fingerprint density at radius 3 is 2.69 bits per heavy atom. The summed E-state index contributed by atoms with van der Waals surface area (Å²) in [6, 6.07) is 10.2. The summed E-state index contributed by atoms with van der Waals surface area (Å²) in [5.41, 5.74) is 0.840. The van der Waals surface area contributed by atoms with Crippen molar-refractivity contribution >= 4 is 56.5 Å². The first-order valence-corrected chi connectivity index (χ1v) is 14.5. The molecule has 39 heavy (non-hydrogen) atoms. The van der Waals surface area contributed by atoms with E-state index >= 15 is 0 Å². The molecule has 1 amide bonds. The van der Waals surface area contributed by atoms with Crippen LogP contribution in [0.5, 0.6) is 5.75 Å². The molecule has 0 saturated carbocycles. The van der Waals surface area contributed by atoms with Gasteiger partial charge in [-0.2, -0.15) is 8.42 Å². The molecule has 208 valence electrons. The molecule has 2 aromatic rings. The van der Waals surface area contributed by atoms with Crippen LogP contribution in [-0.2, 0) is 19.6 Å². The lowest BCUT2D eigenvalue weighted by atomic mass is 10.2. The molecule has 4 rings (SSSR count). The average Bonchev–Trinajstić information content (AvgIpc) is 3.33. The van der Waals surface area contributed by atoms with Gasteiger partial charge in [0.05, 0.1) is 18.0 Å². The third-order valence-corrected chi connectivity index (χ3v) is 7.26. The molecule has 11 nitrogen and oxygen atoms in total. The van der Waals surface area contributed by atoms with Gasteiger partial charge in [-0.3, -0.25) is 9.35 Å². The summed E-state index contributed by atoms with van der Waals surface area (Å²) in [6.45, 7) is 2.28. The highest BCUT2D eigenvalue weighted by atomic mass is 35.5. The number of halogens is 1. The van der Waals surface area contributed by atoms with E-state index in [9.17, 15) is 18.3 Å². The second kappa shape index (κ2) is 12.4. The molecule has 0 aliphatic carbocycles. The highest BCUT2D eigenvalue weighted by Crippen LogP contribution is 2.41. The van der Waals surface area contributed by atoms with E-state index in [4.69, 9.17) is 37.8 Å². The first-order chi connectivity index (χ1) is 18.6. The predicted molar refractivity (Wildman–Crippen MR) is 150 cm³/mol. The molecule has 1 fully saturated rings. The summed E-state index contributed by atoms with van der Waals surface area (Å²) in [5.74, 6) is 0.425. The molecule has 2 aliphatic heterocycles. The minimum absolute atomic E-state index is 0.0905. The summed E-state index contributed by atoms with van der Waals surface area (Å²) in [4.78, 5) is 22.3. The second-order valence-electron chi connectivity index (χ2n) is 8.55. The first kappa shape index (κ1) is 28.9. The predicted octanol–water partition coefficient (Wildman–Crippen LogP) is 3.32. The van der Waals surface area contributed by atoms with E-state index < -0.39 is 22.3 Å². The number of nitrogens with zero attached hydrogens (tertiary/aromatic N) is 4. The van der Waals surface area contributed by atoms with Crippen molar-refractivity contribution in [2.24, 2.45) is 0 Å². The van der Waals surface area contributed by atoms with Crippen LogP contribution < -0.4 is 14.5 Å². The standard InChI is InChI=1S/C25H27ClN4O7S2/c1-2-36-23(31)16-29-18(24(32)30(25(29)38)21-7-3-4-12-27-21)9-11-22-28(13-5-6-14-39(33,34)35)19-15-17(26)8-10-20(19)37-22/h3-4,7-12,15,23,31H,2,5-6,13-14,16H2,1H3,(H,33,34,35). The van der Waals surface area contributed by atoms with Gasteiger partial charge in [0, 0.05) is 30.4 Å². The molecular weight excluding hydrogens is 568 g/mol. The number of aromatic nitrogens is 1. The van der Waals surface area contributed by atoms with Gasteiger partial charge in [0.1, 0.15) is 11.5 Å². The van der Waals surface area contributed by atoms with Crippen molar-refractivity contribution in [1.29, 1.82) is 0 Å². The number of anilines is 2. The van der Waals surface area contributed by atoms with Crippen LogP contribution in [-0.4, -0.2) is 70.7 Å². The van der Waals surface area contributed by atoms with Crippen LogP contribution in [0.15, 0.2) is 66.3 Å². The molecule has 0 bridgehead atoms. The van der Waals surface area contributed by atoms with E-state index in [0.717, 1.165) is 0 Å². The number of β-amino-alcohol motifs (C(OH)–C–C–N with tert-alkyl or cyclic N) is 1. The molecule has 14 heteroatoms. The lowest BCUT2D eigenvalue weighted by molar-refractivity contribution is -0.115. The molecule has 0 spiro atoms. The number of amides is 1. The number of carbonyl (C=O) groups is 1. The Morgan fingerprint density at radius 1 is 1.21 bits per heavy atom. The van der Waals surface area contributed by atoms with Crippen LogP contribution in [0.2, 0.25) is 5.02 Å². The quantitative estimate of drug-likeness (QED) is 0.130. The van der Waals surface area contributed by atoms with Gasteiger partial charge in [0.25, 0.3) is 16.0 Å². The fourth-order valence-corrected chi connectivity index (χ4v) is 5.19. The van der Waals surface area contributed by atoms with E-state index in [1.807, 2.05) is 0 Å². The van der Waals surface area contributed by atoms with E-state index in [1.54, 1.807) is 60.5 Å². The zero-order valence-corrected chi connectivity index (χ0v) is 23.3. The minimum Gasteiger partial charge on any atom is -0.439 e. The number of aliphatic hydroxyl groups excluding tert-OH is 1. The van der Waals surface area contributed by atoms with Gasteiger partial charge in [-0.1, -0.05) is 17.7 Å². The number of unbranched alkanes of at least 4 members (excludes halogenated alkanes) is 1. The van der Waals surface area contributed by atoms with Crippen molar-refractivity contribution in [3.8, 4) is 5.75 Å². The van der Waals surface area contributed by atoms with Crippen molar-refractivity contribution < 1.29 is 32.3 Å². The van der Waals surface area contributed by atoms with Crippen LogP contribution in [0.4, 0.5) is 11.5 Å². The summed E-state index contributed by atoms with van der Waals surface area (Å²) < 4.78 is 42.6. The topological polar surface area (TPSA) is 133 Å². The van der Waals surface area contributed by atoms with Gasteiger partial charge in [-0.15, -0.1) is 0 Å². The van der Waals surface area contributed by atoms with Crippen molar-refractivity contribution in [2.75, 3.05) is 35.2 Å². The van der Waals surface area contributed by atoms with Crippen LogP contribution in [0, 0.1) is 0 Å². The number of rotatable bonds is 11. The molecule has 2 aliphatic rings. The van der Waals surface area contributed by atoms with Crippen LogP contribution in [0.1, 0.15) is 19.8 Å². The van der Waals surface area contributed by atoms with Gasteiger partial charge in [0.15, 0.2) is 17.2 Å². The number of carbonyl (C=O) groups excluding carboxylic acids is 1. The Morgan fingerprint density at radius 2 is 2.00 bits per heavy atom. The number of hydrogen-bond acceptors (Lipinski definition) is 9. The molecular formula is C25H27ClN4O7S2. The Labute approximate surface area is 236 Å². The number of thiocarbonyl (C=S) groups is 1. The number of fused-ring (bicyclic) bond motifs is 1. The Balaban J connectivity index is 1.66. The number of aliphatic hydroxyl groups is 1. The van der Waals surface area contributed by atoms with Crippen molar-refractivity contribution in [1.82, 2.24) is 9.88 Å². The van der Waals surface area contributed by atoms with Gasteiger partial charge in [-0.05, 0) is 68.4 Å². The first-order valence-electron chi connectivity index (χ1n) is 12.1. The fourth-order valence-electron chi connectivity index (χ4n) is 4.10.